The fourth-order valence-electron chi connectivity index (χ4n) is 1.34. The van der Waals surface area contributed by atoms with Crippen molar-refractivity contribution in [3.05, 3.63) is 48.5 Å². The van der Waals surface area contributed by atoms with E-state index < -0.39 is 0 Å². The van der Waals surface area contributed by atoms with E-state index in [1.807, 2.05) is 6.92 Å². The van der Waals surface area contributed by atoms with Crippen molar-refractivity contribution in [1.82, 2.24) is 0 Å². The number of carbonyl (C=O) groups is 1. The van der Waals surface area contributed by atoms with E-state index in [1.165, 1.54) is 17.7 Å². The minimum absolute atomic E-state index is 0.211. The number of esters is 1. The van der Waals surface area contributed by atoms with Crippen LogP contribution in [0.2, 0.25) is 0 Å². The van der Waals surface area contributed by atoms with Crippen molar-refractivity contribution in [2.45, 2.75) is 27.2 Å². The lowest BCUT2D eigenvalue weighted by molar-refractivity contribution is -0.140. The van der Waals surface area contributed by atoms with E-state index in [-0.39, 0.29) is 5.97 Å². The highest BCUT2D eigenvalue weighted by molar-refractivity contribution is 5.81. The van der Waals surface area contributed by atoms with Crippen molar-refractivity contribution in [1.29, 1.82) is 0 Å². The van der Waals surface area contributed by atoms with Crippen LogP contribution in [-0.4, -0.2) is 24.3 Å². The van der Waals surface area contributed by atoms with Crippen LogP contribution >= 0.6 is 0 Å². The largest absolute Gasteiger partial charge is 0.466 e. The normalized spacial score (nSPS) is 8.80. The van der Waals surface area contributed by atoms with Crippen LogP contribution in [-0.2, 0) is 9.53 Å². The minimum Gasteiger partial charge on any atom is -0.466 e. The standard InChI is InChI=1S/C10H8.C4H8O2.C3H8O/c1-2-6-10-8-4-3-7-9(10)5-1;1-3-6-4(2)5;1-2-3-4/h1-8H;3H2,1-2H3;4H,2-3H2,1H3. The molecule has 0 aromatic heterocycles. The number of ether oxygens (including phenoxy) is 1. The van der Waals surface area contributed by atoms with Crippen molar-refractivity contribution in [2.75, 3.05) is 13.2 Å². The molecule has 0 saturated heterocycles. The highest BCUT2D eigenvalue weighted by Gasteiger charge is 1.85. The number of carbonyl (C=O) groups excluding carboxylic acids is 1. The quantitative estimate of drug-likeness (QED) is 0.849. The summed E-state index contributed by atoms with van der Waals surface area (Å²) >= 11 is 0. The number of aliphatic hydroxyl groups excluding tert-OH is 1. The Morgan fingerprint density at radius 3 is 1.50 bits per heavy atom. The number of hydrogen-bond donors (Lipinski definition) is 1. The summed E-state index contributed by atoms with van der Waals surface area (Å²) in [5.74, 6) is -0.211. The summed E-state index contributed by atoms with van der Waals surface area (Å²) in [5, 5.41) is 10.5. The summed E-state index contributed by atoms with van der Waals surface area (Å²) in [5.41, 5.74) is 0. The molecule has 110 valence electrons. The molecular formula is C17H24O3. The zero-order valence-corrected chi connectivity index (χ0v) is 12.5. The molecule has 0 atom stereocenters. The zero-order valence-electron chi connectivity index (χ0n) is 12.5. The van der Waals surface area contributed by atoms with Gasteiger partial charge in [-0.15, -0.1) is 0 Å². The molecule has 3 nitrogen and oxygen atoms in total. The lowest BCUT2D eigenvalue weighted by atomic mass is 10.1. The summed E-state index contributed by atoms with van der Waals surface area (Å²) < 4.78 is 4.40. The first-order chi connectivity index (χ1) is 9.65. The molecule has 0 spiro atoms. The molecule has 0 amide bonds. The molecule has 0 radical (unpaired) electrons. The second-order valence-electron chi connectivity index (χ2n) is 4.00. The first-order valence-corrected chi connectivity index (χ1v) is 6.83. The Kier molecular flexibility index (Phi) is 11.0. The van der Waals surface area contributed by atoms with Crippen LogP contribution in [0.1, 0.15) is 27.2 Å². The number of aliphatic hydroxyl groups is 1. The Balaban J connectivity index is 0.000000312. The SMILES string of the molecule is CCCO.CCOC(C)=O.c1ccc2ccccc2c1. The van der Waals surface area contributed by atoms with Gasteiger partial charge in [0.25, 0.3) is 0 Å². The Morgan fingerprint density at radius 1 is 1.00 bits per heavy atom. The molecule has 1 N–H and O–H groups in total. The summed E-state index contributed by atoms with van der Waals surface area (Å²) in [7, 11) is 0. The lowest BCUT2D eigenvalue weighted by Crippen LogP contribution is -1.95. The number of benzene rings is 2. The van der Waals surface area contributed by atoms with Gasteiger partial charge >= 0.3 is 5.97 Å². The number of hydrogen-bond acceptors (Lipinski definition) is 3. The average molecular weight is 276 g/mol. The predicted molar refractivity (Wildman–Crippen MR) is 83.6 cm³/mol. The Hall–Kier alpha value is -1.87. The Morgan fingerprint density at radius 2 is 1.35 bits per heavy atom. The molecule has 2 aromatic rings. The van der Waals surface area contributed by atoms with Gasteiger partial charge < -0.3 is 9.84 Å². The summed E-state index contributed by atoms with van der Waals surface area (Å²) in [6.07, 6.45) is 0.875. The summed E-state index contributed by atoms with van der Waals surface area (Å²) in [4.78, 5) is 9.82. The highest BCUT2D eigenvalue weighted by Crippen LogP contribution is 2.11. The van der Waals surface area contributed by atoms with E-state index in [2.05, 4.69) is 53.3 Å². The molecule has 0 heterocycles. The molecule has 2 rings (SSSR count). The van der Waals surface area contributed by atoms with E-state index in [0.717, 1.165) is 6.42 Å². The molecule has 0 aliphatic rings. The summed E-state index contributed by atoms with van der Waals surface area (Å²) in [6.45, 7) is 5.90. The first kappa shape index (κ1) is 18.1. The lowest BCUT2D eigenvalue weighted by Gasteiger charge is -1.92. The van der Waals surface area contributed by atoms with E-state index in [9.17, 15) is 4.79 Å². The molecule has 0 fully saturated rings. The minimum atomic E-state index is -0.211. The fraction of sp³-hybridized carbons (Fsp3) is 0.353. The second kappa shape index (κ2) is 12.2. The molecule has 20 heavy (non-hydrogen) atoms. The van der Waals surface area contributed by atoms with Gasteiger partial charge in [-0.3, -0.25) is 4.79 Å². The van der Waals surface area contributed by atoms with Crippen LogP contribution in [0.4, 0.5) is 0 Å². The van der Waals surface area contributed by atoms with Crippen LogP contribution in [0.5, 0.6) is 0 Å². The van der Waals surface area contributed by atoms with E-state index in [4.69, 9.17) is 5.11 Å². The van der Waals surface area contributed by atoms with Gasteiger partial charge in [-0.25, -0.2) is 0 Å². The van der Waals surface area contributed by atoms with Crippen LogP contribution < -0.4 is 0 Å². The van der Waals surface area contributed by atoms with Gasteiger partial charge in [-0.2, -0.15) is 0 Å². The van der Waals surface area contributed by atoms with Crippen molar-refractivity contribution < 1.29 is 14.6 Å². The van der Waals surface area contributed by atoms with Gasteiger partial charge in [0.1, 0.15) is 0 Å². The monoisotopic (exact) mass is 276 g/mol. The maximum Gasteiger partial charge on any atom is 0.302 e. The van der Waals surface area contributed by atoms with E-state index >= 15 is 0 Å². The van der Waals surface area contributed by atoms with Crippen LogP contribution in [0, 0.1) is 0 Å². The van der Waals surface area contributed by atoms with Crippen LogP contribution in [0.25, 0.3) is 10.8 Å². The maximum absolute atomic E-state index is 9.82. The second-order valence-corrected chi connectivity index (χ2v) is 4.00. The van der Waals surface area contributed by atoms with Gasteiger partial charge in [-0.1, -0.05) is 55.5 Å². The highest BCUT2D eigenvalue weighted by atomic mass is 16.5. The molecule has 0 aliphatic heterocycles. The average Bonchev–Trinajstić information content (AvgIpc) is 2.48. The molecule has 0 unspecified atom stereocenters. The molecule has 2 aromatic carbocycles. The maximum atomic E-state index is 9.82. The van der Waals surface area contributed by atoms with Crippen LogP contribution in [0.3, 0.4) is 0 Å². The van der Waals surface area contributed by atoms with Crippen molar-refractivity contribution >= 4 is 16.7 Å². The van der Waals surface area contributed by atoms with E-state index in [1.54, 1.807) is 6.92 Å². The first-order valence-electron chi connectivity index (χ1n) is 6.83. The Bertz CT molecular complexity index is 413. The predicted octanol–water partition coefficient (Wildman–Crippen LogP) is 3.80. The zero-order chi connectivity index (χ0) is 15.2. The third-order valence-corrected chi connectivity index (χ3v) is 2.23. The van der Waals surface area contributed by atoms with Gasteiger partial charge in [-0.05, 0) is 24.1 Å². The summed E-state index contributed by atoms with van der Waals surface area (Å²) in [6, 6.07) is 16.7. The third-order valence-electron chi connectivity index (χ3n) is 2.23. The van der Waals surface area contributed by atoms with Crippen molar-refractivity contribution in [2.24, 2.45) is 0 Å². The molecular weight excluding hydrogens is 252 g/mol. The molecule has 0 bridgehead atoms. The van der Waals surface area contributed by atoms with Crippen molar-refractivity contribution in [3.63, 3.8) is 0 Å². The van der Waals surface area contributed by atoms with Gasteiger partial charge in [0, 0.05) is 13.5 Å². The topological polar surface area (TPSA) is 46.5 Å². The van der Waals surface area contributed by atoms with E-state index in [0.29, 0.717) is 13.2 Å². The van der Waals surface area contributed by atoms with Gasteiger partial charge in [0.15, 0.2) is 0 Å². The molecule has 0 saturated carbocycles. The number of fused-ring (bicyclic) bond motifs is 1. The fourth-order valence-corrected chi connectivity index (χ4v) is 1.34. The van der Waals surface area contributed by atoms with Crippen LogP contribution in [0.15, 0.2) is 48.5 Å². The third kappa shape index (κ3) is 9.11. The van der Waals surface area contributed by atoms with Gasteiger partial charge in [0.05, 0.1) is 6.61 Å². The smallest absolute Gasteiger partial charge is 0.302 e. The Labute approximate surface area is 121 Å². The number of rotatable bonds is 2. The van der Waals surface area contributed by atoms with Gasteiger partial charge in [0.2, 0.25) is 0 Å². The molecule has 0 aliphatic carbocycles. The van der Waals surface area contributed by atoms with Crippen molar-refractivity contribution in [3.8, 4) is 0 Å². The molecule has 3 heteroatoms.